The molecule has 1 atom stereocenters. The van der Waals surface area contributed by atoms with Crippen molar-refractivity contribution < 1.29 is 19.1 Å². The molecule has 0 saturated carbocycles. The van der Waals surface area contributed by atoms with Crippen molar-refractivity contribution in [2.24, 2.45) is 0 Å². The van der Waals surface area contributed by atoms with Crippen molar-refractivity contribution in [2.45, 2.75) is 26.8 Å². The standard InChI is InChI=1S/C16H23N3O4/c1-11-4-6-14(7-5-11)23-10-12(2)19-16(22)9-18-15(21)8-17-13(3)20/h4-7,12H,8-10H2,1-3H3,(H,17,20)(H,18,21)(H,19,22)/t12-/m0/s1. The summed E-state index contributed by atoms with van der Waals surface area (Å²) in [6.07, 6.45) is 0. The molecule has 0 saturated heterocycles. The van der Waals surface area contributed by atoms with E-state index in [4.69, 9.17) is 4.74 Å². The van der Waals surface area contributed by atoms with Crippen molar-refractivity contribution in [3.63, 3.8) is 0 Å². The molecule has 7 heteroatoms. The van der Waals surface area contributed by atoms with Crippen LogP contribution >= 0.6 is 0 Å². The van der Waals surface area contributed by atoms with Gasteiger partial charge in [-0.2, -0.15) is 0 Å². The molecular formula is C16H23N3O4. The number of ether oxygens (including phenoxy) is 1. The fraction of sp³-hybridized carbons (Fsp3) is 0.438. The molecule has 1 aromatic rings. The van der Waals surface area contributed by atoms with Crippen LogP contribution in [0, 0.1) is 6.92 Å². The minimum absolute atomic E-state index is 0.144. The van der Waals surface area contributed by atoms with E-state index < -0.39 is 5.91 Å². The van der Waals surface area contributed by atoms with Gasteiger partial charge in [0.1, 0.15) is 12.4 Å². The minimum atomic E-state index is -0.418. The maximum atomic E-state index is 11.7. The van der Waals surface area contributed by atoms with Gasteiger partial charge in [-0.15, -0.1) is 0 Å². The molecule has 3 N–H and O–H groups in total. The van der Waals surface area contributed by atoms with Gasteiger partial charge in [-0.25, -0.2) is 0 Å². The van der Waals surface area contributed by atoms with E-state index in [0.29, 0.717) is 6.61 Å². The van der Waals surface area contributed by atoms with E-state index in [1.807, 2.05) is 38.1 Å². The number of carbonyl (C=O) groups is 3. The van der Waals surface area contributed by atoms with Crippen LogP contribution in [0.4, 0.5) is 0 Å². The third kappa shape index (κ3) is 8.45. The van der Waals surface area contributed by atoms with E-state index in [1.54, 1.807) is 0 Å². The summed E-state index contributed by atoms with van der Waals surface area (Å²) in [6.45, 7) is 5.16. The zero-order valence-corrected chi connectivity index (χ0v) is 13.6. The predicted octanol–water partition coefficient (Wildman–Crippen LogP) is 0.131. The van der Waals surface area contributed by atoms with Crippen LogP contribution in [-0.4, -0.2) is 43.5 Å². The molecule has 0 spiro atoms. The molecule has 23 heavy (non-hydrogen) atoms. The van der Waals surface area contributed by atoms with Gasteiger partial charge in [0.15, 0.2) is 0 Å². The average Bonchev–Trinajstić information content (AvgIpc) is 2.50. The van der Waals surface area contributed by atoms with E-state index in [2.05, 4.69) is 16.0 Å². The highest BCUT2D eigenvalue weighted by Crippen LogP contribution is 2.11. The first kappa shape index (κ1) is 18.5. The third-order valence-corrected chi connectivity index (χ3v) is 2.87. The van der Waals surface area contributed by atoms with Crippen molar-refractivity contribution >= 4 is 17.7 Å². The first-order valence-corrected chi connectivity index (χ1v) is 7.37. The fourth-order valence-electron chi connectivity index (χ4n) is 1.67. The van der Waals surface area contributed by atoms with E-state index in [0.717, 1.165) is 11.3 Å². The zero-order valence-electron chi connectivity index (χ0n) is 13.6. The lowest BCUT2D eigenvalue weighted by Gasteiger charge is -2.15. The van der Waals surface area contributed by atoms with Crippen molar-refractivity contribution in [2.75, 3.05) is 19.7 Å². The summed E-state index contributed by atoms with van der Waals surface area (Å²) in [5.41, 5.74) is 1.15. The van der Waals surface area contributed by atoms with Crippen molar-refractivity contribution in [3.8, 4) is 5.75 Å². The second kappa shape index (κ2) is 9.45. The Labute approximate surface area is 135 Å². The maximum absolute atomic E-state index is 11.7. The molecule has 0 aliphatic heterocycles. The van der Waals surface area contributed by atoms with Gasteiger partial charge < -0.3 is 20.7 Å². The van der Waals surface area contributed by atoms with Gasteiger partial charge >= 0.3 is 0 Å². The Morgan fingerprint density at radius 2 is 1.65 bits per heavy atom. The van der Waals surface area contributed by atoms with Crippen LogP contribution in [0.1, 0.15) is 19.4 Å². The normalized spacial score (nSPS) is 11.3. The van der Waals surface area contributed by atoms with Crippen LogP contribution in [-0.2, 0) is 14.4 Å². The number of carbonyl (C=O) groups excluding carboxylic acids is 3. The number of benzene rings is 1. The number of hydrogen-bond donors (Lipinski definition) is 3. The van der Waals surface area contributed by atoms with Gasteiger partial charge in [0.05, 0.1) is 19.1 Å². The number of rotatable bonds is 8. The van der Waals surface area contributed by atoms with E-state index >= 15 is 0 Å². The minimum Gasteiger partial charge on any atom is -0.491 e. The monoisotopic (exact) mass is 321 g/mol. The highest BCUT2D eigenvalue weighted by atomic mass is 16.5. The first-order chi connectivity index (χ1) is 10.9. The average molecular weight is 321 g/mol. The highest BCUT2D eigenvalue weighted by molar-refractivity contribution is 5.87. The molecule has 0 fully saturated rings. The van der Waals surface area contributed by atoms with Gasteiger partial charge in [-0.05, 0) is 26.0 Å². The summed E-state index contributed by atoms with van der Waals surface area (Å²) < 4.78 is 5.56. The Morgan fingerprint density at radius 1 is 1.04 bits per heavy atom. The number of hydrogen-bond acceptors (Lipinski definition) is 4. The van der Waals surface area contributed by atoms with Crippen LogP contribution < -0.4 is 20.7 Å². The zero-order chi connectivity index (χ0) is 17.2. The lowest BCUT2D eigenvalue weighted by molar-refractivity contribution is -0.127. The Balaban J connectivity index is 2.21. The van der Waals surface area contributed by atoms with Gasteiger partial charge in [0, 0.05) is 6.92 Å². The molecule has 0 heterocycles. The fourth-order valence-corrected chi connectivity index (χ4v) is 1.67. The Bertz CT molecular complexity index is 543. The molecule has 1 rings (SSSR count). The molecule has 0 bridgehead atoms. The smallest absolute Gasteiger partial charge is 0.239 e. The van der Waals surface area contributed by atoms with Gasteiger partial charge in [0.2, 0.25) is 17.7 Å². The Kier molecular flexibility index (Phi) is 7.59. The van der Waals surface area contributed by atoms with Gasteiger partial charge in [-0.1, -0.05) is 17.7 Å². The second-order valence-corrected chi connectivity index (χ2v) is 5.28. The molecule has 7 nitrogen and oxygen atoms in total. The summed E-state index contributed by atoms with van der Waals surface area (Å²) in [6, 6.07) is 7.43. The molecule has 0 radical (unpaired) electrons. The van der Waals surface area contributed by atoms with Gasteiger partial charge in [-0.3, -0.25) is 14.4 Å². The van der Waals surface area contributed by atoms with Crippen molar-refractivity contribution in [1.82, 2.24) is 16.0 Å². The molecule has 1 aromatic carbocycles. The van der Waals surface area contributed by atoms with Crippen LogP contribution in [0.5, 0.6) is 5.75 Å². The Morgan fingerprint density at radius 3 is 2.26 bits per heavy atom. The lowest BCUT2D eigenvalue weighted by atomic mass is 10.2. The van der Waals surface area contributed by atoms with Gasteiger partial charge in [0.25, 0.3) is 0 Å². The molecule has 0 aliphatic carbocycles. The summed E-state index contributed by atoms with van der Waals surface area (Å²) in [5, 5.41) is 7.48. The van der Waals surface area contributed by atoms with Crippen LogP contribution in [0.15, 0.2) is 24.3 Å². The topological polar surface area (TPSA) is 96.5 Å². The number of aryl methyl sites for hydroxylation is 1. The third-order valence-electron chi connectivity index (χ3n) is 2.87. The summed E-state index contributed by atoms with van der Waals surface area (Å²) in [5.74, 6) is -0.299. The van der Waals surface area contributed by atoms with E-state index in [9.17, 15) is 14.4 Å². The summed E-state index contributed by atoms with van der Waals surface area (Å²) in [4.78, 5) is 33.7. The molecule has 0 aromatic heterocycles. The largest absolute Gasteiger partial charge is 0.491 e. The molecule has 0 unspecified atom stereocenters. The highest BCUT2D eigenvalue weighted by Gasteiger charge is 2.10. The molecular weight excluding hydrogens is 298 g/mol. The molecule has 126 valence electrons. The SMILES string of the molecule is CC(=O)NCC(=O)NCC(=O)N[C@@H](C)COc1ccc(C)cc1. The molecule has 3 amide bonds. The van der Waals surface area contributed by atoms with E-state index in [1.165, 1.54) is 6.92 Å². The number of nitrogens with one attached hydrogen (secondary N) is 3. The van der Waals surface area contributed by atoms with Crippen molar-refractivity contribution in [1.29, 1.82) is 0 Å². The van der Waals surface area contributed by atoms with Crippen LogP contribution in [0.25, 0.3) is 0 Å². The summed E-state index contributed by atoms with van der Waals surface area (Å²) in [7, 11) is 0. The predicted molar refractivity (Wildman–Crippen MR) is 86.0 cm³/mol. The number of amides is 3. The van der Waals surface area contributed by atoms with Crippen LogP contribution in [0.3, 0.4) is 0 Å². The first-order valence-electron chi connectivity index (χ1n) is 7.37. The quantitative estimate of drug-likeness (QED) is 0.634. The molecule has 0 aliphatic rings. The summed E-state index contributed by atoms with van der Waals surface area (Å²) >= 11 is 0. The maximum Gasteiger partial charge on any atom is 0.239 e. The Hall–Kier alpha value is -2.57. The van der Waals surface area contributed by atoms with Crippen LogP contribution in [0.2, 0.25) is 0 Å². The van der Waals surface area contributed by atoms with Crippen molar-refractivity contribution in [3.05, 3.63) is 29.8 Å². The second-order valence-electron chi connectivity index (χ2n) is 5.28. The lowest BCUT2D eigenvalue weighted by Crippen LogP contribution is -2.45. The van der Waals surface area contributed by atoms with E-state index in [-0.39, 0.29) is 30.9 Å².